The molecule has 0 aromatic rings. The largest absolute Gasteiger partial charge is 0.480 e. The molecular weight excluding hydrogens is 190 g/mol. The number of carboxylic acid groups (broad SMARTS) is 1. The summed E-state index contributed by atoms with van der Waals surface area (Å²) in [4.78, 5) is 32.2. The molecule has 0 aliphatic carbocycles. The molecule has 0 aliphatic heterocycles. The lowest BCUT2D eigenvalue weighted by Gasteiger charge is -2.12. The quantitative estimate of drug-likeness (QED) is 0.446. The van der Waals surface area contributed by atoms with E-state index in [2.05, 4.69) is 16.0 Å². The Kier molecular flexibility index (Phi) is 5.05. The average Bonchev–Trinajstić information content (AvgIpc) is 2.16. The molecule has 0 saturated heterocycles. The fourth-order valence-corrected chi connectivity index (χ4v) is 0.718. The van der Waals surface area contributed by atoms with Gasteiger partial charge in [0.1, 0.15) is 6.04 Å². The van der Waals surface area contributed by atoms with E-state index in [0.717, 1.165) is 0 Å². The minimum Gasteiger partial charge on any atom is -0.480 e. The Bertz CT molecular complexity index is 223. The third-order valence-corrected chi connectivity index (χ3v) is 1.50. The Hall–Kier alpha value is -1.79. The SMILES string of the molecule is CNC(=O)CC(NC(=O)NC)C(=O)O. The maximum atomic E-state index is 10.9. The van der Waals surface area contributed by atoms with Crippen LogP contribution in [0.4, 0.5) is 4.79 Å². The van der Waals surface area contributed by atoms with Crippen LogP contribution in [-0.2, 0) is 9.59 Å². The van der Waals surface area contributed by atoms with Gasteiger partial charge in [-0.3, -0.25) is 4.79 Å². The molecule has 0 aromatic heterocycles. The van der Waals surface area contributed by atoms with E-state index in [4.69, 9.17) is 5.11 Å². The van der Waals surface area contributed by atoms with Gasteiger partial charge in [0.05, 0.1) is 6.42 Å². The summed E-state index contributed by atoms with van der Waals surface area (Å²) < 4.78 is 0. The molecule has 0 rings (SSSR count). The van der Waals surface area contributed by atoms with Crippen molar-refractivity contribution in [3.63, 3.8) is 0 Å². The number of carbonyl (C=O) groups is 3. The summed E-state index contributed by atoms with van der Waals surface area (Å²) in [5.74, 6) is -1.70. The lowest BCUT2D eigenvalue weighted by atomic mass is 10.2. The Morgan fingerprint density at radius 2 is 1.79 bits per heavy atom. The first-order valence-electron chi connectivity index (χ1n) is 3.93. The lowest BCUT2D eigenvalue weighted by molar-refractivity contribution is -0.141. The summed E-state index contributed by atoms with van der Waals surface area (Å²) in [6, 6.07) is -1.85. The molecule has 1 unspecified atom stereocenters. The molecular formula is C7H13N3O4. The van der Waals surface area contributed by atoms with Crippen LogP contribution in [0.15, 0.2) is 0 Å². The van der Waals surface area contributed by atoms with Crippen LogP contribution in [0, 0.1) is 0 Å². The van der Waals surface area contributed by atoms with Crippen molar-refractivity contribution in [2.45, 2.75) is 12.5 Å². The second-order valence-corrected chi connectivity index (χ2v) is 2.49. The van der Waals surface area contributed by atoms with E-state index in [1.165, 1.54) is 14.1 Å². The van der Waals surface area contributed by atoms with Crippen LogP contribution in [0.25, 0.3) is 0 Å². The van der Waals surface area contributed by atoms with E-state index in [9.17, 15) is 14.4 Å². The van der Waals surface area contributed by atoms with Crippen molar-refractivity contribution >= 4 is 17.9 Å². The maximum absolute atomic E-state index is 10.9. The van der Waals surface area contributed by atoms with Crippen LogP contribution >= 0.6 is 0 Å². The number of carboxylic acids is 1. The van der Waals surface area contributed by atoms with Gasteiger partial charge >= 0.3 is 12.0 Å². The predicted molar refractivity (Wildman–Crippen MR) is 47.7 cm³/mol. The van der Waals surface area contributed by atoms with Crippen LogP contribution < -0.4 is 16.0 Å². The topological polar surface area (TPSA) is 108 Å². The van der Waals surface area contributed by atoms with Crippen LogP contribution in [0.2, 0.25) is 0 Å². The van der Waals surface area contributed by atoms with Gasteiger partial charge in [0.15, 0.2) is 0 Å². The summed E-state index contributed by atoms with van der Waals surface area (Å²) in [6.07, 6.45) is -0.292. The number of carbonyl (C=O) groups excluding carboxylic acids is 2. The van der Waals surface area contributed by atoms with Gasteiger partial charge < -0.3 is 21.1 Å². The normalized spacial score (nSPS) is 11.3. The van der Waals surface area contributed by atoms with Gasteiger partial charge in [-0.05, 0) is 0 Å². The minimum atomic E-state index is -1.25. The second kappa shape index (κ2) is 5.79. The number of rotatable bonds is 4. The summed E-state index contributed by atoms with van der Waals surface area (Å²) in [5.41, 5.74) is 0. The lowest BCUT2D eigenvalue weighted by Crippen LogP contribution is -2.47. The van der Waals surface area contributed by atoms with E-state index in [-0.39, 0.29) is 6.42 Å². The van der Waals surface area contributed by atoms with Crippen LogP contribution in [-0.4, -0.2) is 43.2 Å². The fourth-order valence-electron chi connectivity index (χ4n) is 0.718. The van der Waals surface area contributed by atoms with Gasteiger partial charge in [-0.25, -0.2) is 9.59 Å². The summed E-state index contributed by atoms with van der Waals surface area (Å²) >= 11 is 0. The number of urea groups is 1. The van der Waals surface area contributed by atoms with E-state index in [0.29, 0.717) is 0 Å². The zero-order valence-corrected chi connectivity index (χ0v) is 7.96. The molecule has 7 nitrogen and oxygen atoms in total. The van der Waals surface area contributed by atoms with Crippen molar-refractivity contribution < 1.29 is 19.5 Å². The van der Waals surface area contributed by atoms with Crippen molar-refractivity contribution in [2.75, 3.05) is 14.1 Å². The van der Waals surface area contributed by atoms with E-state index >= 15 is 0 Å². The molecule has 1 atom stereocenters. The van der Waals surface area contributed by atoms with E-state index < -0.39 is 23.9 Å². The van der Waals surface area contributed by atoms with Crippen LogP contribution in [0.3, 0.4) is 0 Å². The van der Waals surface area contributed by atoms with Gasteiger partial charge in [-0.2, -0.15) is 0 Å². The highest BCUT2D eigenvalue weighted by Crippen LogP contribution is 1.92. The van der Waals surface area contributed by atoms with Gasteiger partial charge in [0.25, 0.3) is 0 Å². The van der Waals surface area contributed by atoms with Gasteiger partial charge in [0.2, 0.25) is 5.91 Å². The molecule has 3 amide bonds. The number of aliphatic carboxylic acids is 1. The van der Waals surface area contributed by atoms with Crippen molar-refractivity contribution in [1.82, 2.24) is 16.0 Å². The monoisotopic (exact) mass is 203 g/mol. The summed E-state index contributed by atoms with van der Waals surface area (Å²) in [5, 5.41) is 15.2. The molecule has 4 N–H and O–H groups in total. The Morgan fingerprint density at radius 3 is 2.14 bits per heavy atom. The Balaban J connectivity index is 4.23. The maximum Gasteiger partial charge on any atom is 0.326 e. The van der Waals surface area contributed by atoms with Gasteiger partial charge in [-0.15, -0.1) is 0 Å². The number of nitrogens with one attached hydrogen (secondary N) is 3. The Labute approximate surface area is 80.9 Å². The standard InChI is InChI=1S/C7H13N3O4/c1-8-5(11)3-4(6(12)13)10-7(14)9-2/h4H,3H2,1-2H3,(H,8,11)(H,12,13)(H2,9,10,14). The predicted octanol–water partition coefficient (Wildman–Crippen LogP) is -1.50. The highest BCUT2D eigenvalue weighted by Gasteiger charge is 2.21. The van der Waals surface area contributed by atoms with Crippen molar-refractivity contribution in [3.8, 4) is 0 Å². The van der Waals surface area contributed by atoms with Crippen LogP contribution in [0.5, 0.6) is 0 Å². The van der Waals surface area contributed by atoms with E-state index in [1.807, 2.05) is 0 Å². The first-order valence-corrected chi connectivity index (χ1v) is 3.93. The third-order valence-electron chi connectivity index (χ3n) is 1.50. The number of hydrogen-bond acceptors (Lipinski definition) is 3. The molecule has 0 aromatic carbocycles. The van der Waals surface area contributed by atoms with E-state index in [1.54, 1.807) is 0 Å². The first-order chi connectivity index (χ1) is 6.51. The molecule has 0 bridgehead atoms. The molecule has 0 spiro atoms. The molecule has 0 saturated carbocycles. The molecule has 0 radical (unpaired) electrons. The van der Waals surface area contributed by atoms with Gasteiger partial charge in [-0.1, -0.05) is 0 Å². The molecule has 0 aliphatic rings. The van der Waals surface area contributed by atoms with Gasteiger partial charge in [0, 0.05) is 14.1 Å². The highest BCUT2D eigenvalue weighted by molar-refractivity contribution is 5.87. The molecule has 0 heterocycles. The van der Waals surface area contributed by atoms with Crippen molar-refractivity contribution in [2.24, 2.45) is 0 Å². The average molecular weight is 203 g/mol. The molecule has 14 heavy (non-hydrogen) atoms. The third kappa shape index (κ3) is 4.29. The molecule has 7 heteroatoms. The fraction of sp³-hybridized carbons (Fsp3) is 0.571. The number of hydrogen-bond donors (Lipinski definition) is 4. The summed E-state index contributed by atoms with van der Waals surface area (Å²) in [7, 11) is 2.75. The van der Waals surface area contributed by atoms with Crippen LogP contribution in [0.1, 0.15) is 6.42 Å². The minimum absolute atomic E-state index is 0.292. The van der Waals surface area contributed by atoms with Crippen molar-refractivity contribution in [3.05, 3.63) is 0 Å². The smallest absolute Gasteiger partial charge is 0.326 e. The second-order valence-electron chi connectivity index (χ2n) is 2.49. The first kappa shape index (κ1) is 12.2. The summed E-state index contributed by atoms with van der Waals surface area (Å²) in [6.45, 7) is 0. The number of amides is 3. The zero-order valence-electron chi connectivity index (χ0n) is 7.96. The highest BCUT2D eigenvalue weighted by atomic mass is 16.4. The Morgan fingerprint density at radius 1 is 1.21 bits per heavy atom. The molecule has 80 valence electrons. The molecule has 0 fully saturated rings. The zero-order chi connectivity index (χ0) is 11.1. The van der Waals surface area contributed by atoms with Crippen molar-refractivity contribution in [1.29, 1.82) is 0 Å².